The zero-order chi connectivity index (χ0) is 14.5. The van der Waals surface area contributed by atoms with Crippen molar-refractivity contribution in [1.29, 1.82) is 0 Å². The largest absolute Gasteiger partial charge is 0.360 e. The second-order valence-electron chi connectivity index (χ2n) is 4.49. The Morgan fingerprint density at radius 1 is 1.50 bits per heavy atom. The van der Waals surface area contributed by atoms with Gasteiger partial charge in [-0.25, -0.2) is 4.68 Å². The number of nitrogens with zero attached hydrogens (tertiary/aromatic N) is 4. The van der Waals surface area contributed by atoms with Crippen LogP contribution >= 0.6 is 0 Å². The molecule has 20 heavy (non-hydrogen) atoms. The second kappa shape index (κ2) is 6.14. The van der Waals surface area contributed by atoms with Gasteiger partial charge in [-0.2, -0.15) is 5.10 Å². The predicted octanol–water partition coefficient (Wildman–Crippen LogP) is 2.29. The molecule has 0 spiro atoms. The number of nitro groups is 1. The highest BCUT2D eigenvalue weighted by molar-refractivity contribution is 5.60. The van der Waals surface area contributed by atoms with Gasteiger partial charge in [0.25, 0.3) is 0 Å². The van der Waals surface area contributed by atoms with E-state index in [0.29, 0.717) is 24.5 Å². The highest BCUT2D eigenvalue weighted by Crippen LogP contribution is 2.29. The maximum atomic E-state index is 11.2. The molecule has 106 valence electrons. The van der Waals surface area contributed by atoms with Crippen LogP contribution in [0.5, 0.6) is 0 Å². The average Bonchev–Trinajstić information content (AvgIpc) is 2.74. The maximum absolute atomic E-state index is 11.2. The van der Waals surface area contributed by atoms with E-state index in [-0.39, 0.29) is 10.6 Å². The molecule has 7 nitrogen and oxygen atoms in total. The third kappa shape index (κ3) is 2.93. The van der Waals surface area contributed by atoms with Crippen LogP contribution in [0.2, 0.25) is 0 Å². The van der Waals surface area contributed by atoms with Crippen LogP contribution in [0.4, 0.5) is 11.5 Å². The number of pyridine rings is 1. The number of nitrogens with one attached hydrogen (secondary N) is 1. The molecule has 0 aromatic carbocycles. The first kappa shape index (κ1) is 14.0. The van der Waals surface area contributed by atoms with E-state index in [1.807, 2.05) is 19.1 Å². The average molecular weight is 275 g/mol. The first-order chi connectivity index (χ1) is 9.63. The van der Waals surface area contributed by atoms with Crippen LogP contribution in [-0.2, 0) is 20.0 Å². The molecule has 0 bridgehead atoms. The molecule has 1 N–H and O–H groups in total. The normalized spacial score (nSPS) is 10.5. The van der Waals surface area contributed by atoms with E-state index in [9.17, 15) is 10.1 Å². The lowest BCUT2D eigenvalue weighted by Gasteiger charge is -2.05. The van der Waals surface area contributed by atoms with Gasteiger partial charge < -0.3 is 5.32 Å². The Hall–Kier alpha value is -2.44. The Bertz CT molecular complexity index is 594. The molecule has 2 aromatic heterocycles. The van der Waals surface area contributed by atoms with Crippen molar-refractivity contribution >= 4 is 11.5 Å². The van der Waals surface area contributed by atoms with Crippen LogP contribution in [0, 0.1) is 10.1 Å². The summed E-state index contributed by atoms with van der Waals surface area (Å²) in [5, 5.41) is 18.5. The predicted molar refractivity (Wildman–Crippen MR) is 75.4 cm³/mol. The minimum absolute atomic E-state index is 0.0678. The van der Waals surface area contributed by atoms with Crippen LogP contribution in [-0.4, -0.2) is 19.7 Å². The molecule has 7 heteroatoms. The quantitative estimate of drug-likeness (QED) is 0.645. The Labute approximate surface area is 116 Å². The molecule has 0 radical (unpaired) electrons. The highest BCUT2D eigenvalue weighted by atomic mass is 16.6. The molecule has 0 aliphatic carbocycles. The topological polar surface area (TPSA) is 85.9 Å². The van der Waals surface area contributed by atoms with Gasteiger partial charge >= 0.3 is 5.69 Å². The Morgan fingerprint density at radius 3 is 2.90 bits per heavy atom. The molecule has 0 amide bonds. The molecule has 0 atom stereocenters. The van der Waals surface area contributed by atoms with Gasteiger partial charge in [0.15, 0.2) is 0 Å². The summed E-state index contributed by atoms with van der Waals surface area (Å²) in [4.78, 5) is 14.9. The monoisotopic (exact) mass is 275 g/mol. The number of aromatic nitrogens is 3. The number of hydrogen-bond acceptors (Lipinski definition) is 5. The van der Waals surface area contributed by atoms with Crippen LogP contribution in [0.25, 0.3) is 0 Å². The third-order valence-corrected chi connectivity index (χ3v) is 2.94. The van der Waals surface area contributed by atoms with Gasteiger partial charge in [0.1, 0.15) is 5.69 Å². The highest BCUT2D eigenvalue weighted by Gasteiger charge is 2.25. The summed E-state index contributed by atoms with van der Waals surface area (Å²) >= 11 is 0. The van der Waals surface area contributed by atoms with Crippen molar-refractivity contribution in [2.45, 2.75) is 26.3 Å². The Balaban J connectivity index is 2.24. The van der Waals surface area contributed by atoms with Crippen LogP contribution < -0.4 is 5.32 Å². The van der Waals surface area contributed by atoms with E-state index in [4.69, 9.17) is 0 Å². The van der Waals surface area contributed by atoms with Crippen molar-refractivity contribution in [2.75, 3.05) is 5.32 Å². The number of aryl methyl sites for hydroxylation is 2. The van der Waals surface area contributed by atoms with Crippen molar-refractivity contribution in [3.8, 4) is 0 Å². The van der Waals surface area contributed by atoms with Crippen LogP contribution in [0.3, 0.4) is 0 Å². The third-order valence-electron chi connectivity index (χ3n) is 2.94. The molecular weight excluding hydrogens is 258 g/mol. The SMILES string of the molecule is CCCc1nn(C)c(NCc2cccnc2)c1[N+](=O)[O-]. The lowest BCUT2D eigenvalue weighted by molar-refractivity contribution is -0.384. The summed E-state index contributed by atoms with van der Waals surface area (Å²) in [5.41, 5.74) is 1.55. The van der Waals surface area contributed by atoms with Crippen molar-refractivity contribution in [3.63, 3.8) is 0 Å². The molecule has 0 saturated carbocycles. The fourth-order valence-electron chi connectivity index (χ4n) is 2.05. The smallest absolute Gasteiger partial charge is 0.334 e. The van der Waals surface area contributed by atoms with Crippen LogP contribution in [0.1, 0.15) is 24.6 Å². The molecule has 0 aliphatic rings. The molecule has 0 unspecified atom stereocenters. The van der Waals surface area contributed by atoms with Crippen molar-refractivity contribution in [1.82, 2.24) is 14.8 Å². The minimum Gasteiger partial charge on any atom is -0.360 e. The molecule has 2 heterocycles. The molecule has 2 rings (SSSR count). The van der Waals surface area contributed by atoms with Gasteiger partial charge in [-0.05, 0) is 18.1 Å². The number of rotatable bonds is 6. The van der Waals surface area contributed by atoms with E-state index in [2.05, 4.69) is 15.4 Å². The van der Waals surface area contributed by atoms with Crippen LogP contribution in [0.15, 0.2) is 24.5 Å². The van der Waals surface area contributed by atoms with Gasteiger partial charge in [0.05, 0.1) is 4.92 Å². The van der Waals surface area contributed by atoms with E-state index < -0.39 is 0 Å². The van der Waals surface area contributed by atoms with Crippen molar-refractivity contribution < 1.29 is 4.92 Å². The zero-order valence-corrected chi connectivity index (χ0v) is 11.5. The first-order valence-electron chi connectivity index (χ1n) is 6.46. The van der Waals surface area contributed by atoms with E-state index >= 15 is 0 Å². The standard InChI is InChI=1S/C13H17N5O2/c1-3-5-11-12(18(19)20)13(17(2)16-11)15-9-10-6-4-7-14-8-10/h4,6-8,15H,3,5,9H2,1-2H3. The van der Waals surface area contributed by atoms with Gasteiger partial charge in [-0.3, -0.25) is 15.1 Å². The summed E-state index contributed by atoms with van der Waals surface area (Å²) in [7, 11) is 1.71. The molecule has 0 fully saturated rings. The van der Waals surface area contributed by atoms with Gasteiger partial charge in [0, 0.05) is 26.0 Å². The van der Waals surface area contributed by atoms with Crippen molar-refractivity contribution in [2.24, 2.45) is 7.05 Å². The summed E-state index contributed by atoms with van der Waals surface area (Å²) in [6.07, 6.45) is 4.83. The lowest BCUT2D eigenvalue weighted by Crippen LogP contribution is -2.06. The summed E-state index contributed by atoms with van der Waals surface area (Å²) in [5.74, 6) is 0.433. The van der Waals surface area contributed by atoms with Crippen molar-refractivity contribution in [3.05, 3.63) is 45.9 Å². The first-order valence-corrected chi connectivity index (χ1v) is 6.46. The summed E-state index contributed by atoms with van der Waals surface area (Å²) < 4.78 is 1.53. The molecular formula is C13H17N5O2. The zero-order valence-electron chi connectivity index (χ0n) is 11.5. The van der Waals surface area contributed by atoms with Gasteiger partial charge in [-0.1, -0.05) is 19.4 Å². The maximum Gasteiger partial charge on any atom is 0.334 e. The number of hydrogen-bond donors (Lipinski definition) is 1. The van der Waals surface area contributed by atoms with E-state index in [0.717, 1.165) is 12.0 Å². The molecule has 2 aromatic rings. The summed E-state index contributed by atoms with van der Waals surface area (Å²) in [6, 6.07) is 3.74. The molecule has 0 saturated heterocycles. The van der Waals surface area contributed by atoms with E-state index in [1.54, 1.807) is 19.4 Å². The lowest BCUT2D eigenvalue weighted by atomic mass is 10.2. The Morgan fingerprint density at radius 2 is 2.30 bits per heavy atom. The fourth-order valence-corrected chi connectivity index (χ4v) is 2.05. The summed E-state index contributed by atoms with van der Waals surface area (Å²) in [6.45, 7) is 2.45. The molecule has 0 aliphatic heterocycles. The fraction of sp³-hybridized carbons (Fsp3) is 0.385. The second-order valence-corrected chi connectivity index (χ2v) is 4.49. The van der Waals surface area contributed by atoms with Gasteiger partial charge in [-0.15, -0.1) is 0 Å². The number of anilines is 1. The minimum atomic E-state index is -0.371. The Kier molecular flexibility index (Phi) is 4.29. The van der Waals surface area contributed by atoms with Gasteiger partial charge in [0.2, 0.25) is 5.82 Å². The van der Waals surface area contributed by atoms with E-state index in [1.165, 1.54) is 4.68 Å².